The zero-order valence-electron chi connectivity index (χ0n) is 8.05. The molecule has 0 aromatic heterocycles. The molecular formula is C7H8FIO6P2. The zero-order valence-corrected chi connectivity index (χ0v) is 12.2. The van der Waals surface area contributed by atoms with Gasteiger partial charge in [0, 0.05) is 3.57 Å². The van der Waals surface area contributed by atoms with Gasteiger partial charge in [-0.15, -0.1) is 0 Å². The van der Waals surface area contributed by atoms with Gasteiger partial charge in [0.2, 0.25) is 0 Å². The average Bonchev–Trinajstić information content (AvgIpc) is 2.20. The van der Waals surface area contributed by atoms with Crippen LogP contribution < -0.4 is 0 Å². The van der Waals surface area contributed by atoms with Crippen molar-refractivity contribution < 1.29 is 32.9 Å². The van der Waals surface area contributed by atoms with Gasteiger partial charge in [-0.05, 0) is 40.8 Å². The van der Waals surface area contributed by atoms with Crippen molar-refractivity contribution in [3.8, 4) is 0 Å². The van der Waals surface area contributed by atoms with E-state index in [0.717, 1.165) is 12.1 Å². The molecule has 3 unspecified atom stereocenters. The van der Waals surface area contributed by atoms with Crippen molar-refractivity contribution in [2.75, 3.05) is 0 Å². The standard InChI is InChI=1S/C7H8FIO6P2/c8-6-2-1-4(9)3-5(6)7(10,16(11)12)15-17(13)14/h1-3,10,16-17H,(H,11,12)(H,13,14). The summed E-state index contributed by atoms with van der Waals surface area (Å²) in [5.41, 5.74) is -3.65. The van der Waals surface area contributed by atoms with Crippen molar-refractivity contribution in [2.45, 2.75) is 5.53 Å². The summed E-state index contributed by atoms with van der Waals surface area (Å²) in [5, 5.41) is 9.72. The van der Waals surface area contributed by atoms with Crippen LogP contribution in [0, 0.1) is 9.39 Å². The zero-order chi connectivity index (χ0) is 13.2. The second kappa shape index (κ2) is 5.88. The highest BCUT2D eigenvalue weighted by Gasteiger charge is 2.41. The van der Waals surface area contributed by atoms with E-state index in [1.807, 2.05) is 0 Å². The van der Waals surface area contributed by atoms with E-state index in [1.54, 1.807) is 22.6 Å². The Labute approximate surface area is 110 Å². The predicted octanol–water partition coefficient (Wildman–Crippen LogP) is 1.40. The summed E-state index contributed by atoms with van der Waals surface area (Å²) in [6.07, 6.45) is 0. The number of hydrogen-bond donors (Lipinski definition) is 3. The second-order valence-corrected chi connectivity index (χ2v) is 6.21. The van der Waals surface area contributed by atoms with Gasteiger partial charge in [0.05, 0.1) is 5.56 Å². The van der Waals surface area contributed by atoms with Crippen molar-refractivity contribution in [3.05, 3.63) is 33.1 Å². The van der Waals surface area contributed by atoms with Crippen molar-refractivity contribution >= 4 is 38.9 Å². The summed E-state index contributed by atoms with van der Waals surface area (Å²) in [4.78, 5) is 17.5. The predicted molar refractivity (Wildman–Crippen MR) is 66.5 cm³/mol. The molecule has 3 atom stereocenters. The summed E-state index contributed by atoms with van der Waals surface area (Å²) in [6.45, 7) is 0. The van der Waals surface area contributed by atoms with Crippen molar-refractivity contribution in [1.29, 1.82) is 0 Å². The normalized spacial score (nSPS) is 18.4. The van der Waals surface area contributed by atoms with Crippen LogP contribution in [0.4, 0.5) is 4.39 Å². The smallest absolute Gasteiger partial charge is 0.319 e. The Hall–Kier alpha value is 0.180. The van der Waals surface area contributed by atoms with Crippen LogP contribution in [0.1, 0.15) is 5.56 Å². The molecular weight excluding hydrogens is 388 g/mol. The Bertz CT molecular complexity index is 483. The van der Waals surface area contributed by atoms with Gasteiger partial charge in [-0.1, -0.05) is 0 Å². The highest BCUT2D eigenvalue weighted by molar-refractivity contribution is 14.1. The number of hydrogen-bond acceptors (Lipinski definition) is 4. The van der Waals surface area contributed by atoms with Crippen molar-refractivity contribution in [3.63, 3.8) is 0 Å². The summed E-state index contributed by atoms with van der Waals surface area (Å²) in [6, 6.07) is 3.36. The molecule has 0 amide bonds. The van der Waals surface area contributed by atoms with E-state index in [-0.39, 0.29) is 0 Å². The topological polar surface area (TPSA) is 104 Å². The van der Waals surface area contributed by atoms with Crippen LogP contribution in [-0.4, -0.2) is 14.9 Å². The Morgan fingerprint density at radius 3 is 2.41 bits per heavy atom. The van der Waals surface area contributed by atoms with E-state index in [0.29, 0.717) is 3.57 Å². The van der Waals surface area contributed by atoms with Crippen LogP contribution in [0.25, 0.3) is 0 Å². The summed E-state index contributed by atoms with van der Waals surface area (Å²) < 4.78 is 39.6. The molecule has 0 aliphatic heterocycles. The van der Waals surface area contributed by atoms with E-state index < -0.39 is 33.2 Å². The van der Waals surface area contributed by atoms with E-state index >= 15 is 0 Å². The Balaban J connectivity index is 3.36. The van der Waals surface area contributed by atoms with Gasteiger partial charge >= 0.3 is 8.25 Å². The molecule has 1 aromatic carbocycles. The maximum atomic E-state index is 13.4. The van der Waals surface area contributed by atoms with Crippen LogP contribution in [0.15, 0.2) is 18.2 Å². The van der Waals surface area contributed by atoms with E-state index in [9.17, 15) is 18.6 Å². The summed E-state index contributed by atoms with van der Waals surface area (Å²) in [7, 11) is -7.57. The van der Waals surface area contributed by atoms with Crippen LogP contribution in [0.5, 0.6) is 0 Å². The highest BCUT2D eigenvalue weighted by Crippen LogP contribution is 2.48. The molecule has 1 rings (SSSR count). The highest BCUT2D eigenvalue weighted by atomic mass is 127. The van der Waals surface area contributed by atoms with Gasteiger partial charge in [0.25, 0.3) is 13.6 Å². The minimum absolute atomic E-state index is 0.460. The molecule has 0 fully saturated rings. The van der Waals surface area contributed by atoms with Crippen LogP contribution in [0.3, 0.4) is 0 Å². The fourth-order valence-corrected chi connectivity index (χ4v) is 2.98. The number of rotatable bonds is 4. The number of halogens is 2. The van der Waals surface area contributed by atoms with Crippen LogP contribution in [-0.2, 0) is 19.2 Å². The Morgan fingerprint density at radius 2 is 1.94 bits per heavy atom. The minimum atomic E-state index is -3.85. The van der Waals surface area contributed by atoms with Crippen molar-refractivity contribution in [2.24, 2.45) is 0 Å². The molecule has 6 nitrogen and oxygen atoms in total. The largest absolute Gasteiger partial charge is 0.354 e. The van der Waals surface area contributed by atoms with Gasteiger partial charge in [-0.2, -0.15) is 0 Å². The molecule has 1 aromatic rings. The third kappa shape index (κ3) is 3.57. The average molecular weight is 396 g/mol. The molecule has 0 aliphatic carbocycles. The quantitative estimate of drug-likeness (QED) is 0.404. The van der Waals surface area contributed by atoms with Gasteiger partial charge in [-0.25, -0.2) is 4.39 Å². The minimum Gasteiger partial charge on any atom is -0.354 e. The Morgan fingerprint density at radius 1 is 1.35 bits per heavy atom. The molecule has 17 heavy (non-hydrogen) atoms. The van der Waals surface area contributed by atoms with Gasteiger partial charge in [-0.3, -0.25) is 13.7 Å². The summed E-state index contributed by atoms with van der Waals surface area (Å²) >= 11 is 1.78. The lowest BCUT2D eigenvalue weighted by Gasteiger charge is -2.24. The van der Waals surface area contributed by atoms with Crippen molar-refractivity contribution in [1.82, 2.24) is 0 Å². The summed E-state index contributed by atoms with van der Waals surface area (Å²) in [5.74, 6) is -1.01. The number of benzene rings is 1. The van der Waals surface area contributed by atoms with Crippen LogP contribution in [0.2, 0.25) is 0 Å². The first kappa shape index (κ1) is 15.2. The maximum Gasteiger partial charge on any atom is 0.319 e. The molecule has 96 valence electrons. The van der Waals surface area contributed by atoms with Gasteiger partial charge in [0.1, 0.15) is 5.82 Å². The van der Waals surface area contributed by atoms with E-state index in [2.05, 4.69) is 4.52 Å². The lowest BCUT2D eigenvalue weighted by atomic mass is 10.2. The first-order valence-electron chi connectivity index (χ1n) is 4.10. The molecule has 0 heterocycles. The monoisotopic (exact) mass is 396 g/mol. The second-order valence-electron chi connectivity index (χ2n) is 2.94. The van der Waals surface area contributed by atoms with E-state index in [1.165, 1.54) is 6.07 Å². The maximum absolute atomic E-state index is 13.4. The SMILES string of the molecule is O=[PH](O)OC(O)(c1cc(I)ccc1F)[PH](=O)O. The fraction of sp³-hybridized carbons (Fsp3) is 0.143. The lowest BCUT2D eigenvalue weighted by Crippen LogP contribution is -2.24. The molecule has 0 spiro atoms. The molecule has 0 aliphatic rings. The first-order valence-corrected chi connectivity index (χ1v) is 7.80. The van der Waals surface area contributed by atoms with Crippen LogP contribution >= 0.6 is 38.9 Å². The Kier molecular flexibility index (Phi) is 5.27. The molecule has 0 radical (unpaired) electrons. The van der Waals surface area contributed by atoms with Gasteiger partial charge in [0.15, 0.2) is 0 Å². The van der Waals surface area contributed by atoms with Gasteiger partial charge < -0.3 is 14.9 Å². The number of aliphatic hydroxyl groups is 1. The third-order valence-electron chi connectivity index (χ3n) is 1.82. The fourth-order valence-electron chi connectivity index (χ4n) is 1.10. The first-order chi connectivity index (χ1) is 7.77. The molecule has 0 saturated heterocycles. The molecule has 0 bridgehead atoms. The van der Waals surface area contributed by atoms with E-state index in [4.69, 9.17) is 9.79 Å². The molecule has 0 saturated carbocycles. The molecule has 3 N–H and O–H groups in total. The molecule has 10 heteroatoms. The third-order valence-corrected chi connectivity index (χ3v) is 4.11. The lowest BCUT2D eigenvalue weighted by molar-refractivity contribution is -0.0765.